The van der Waals surface area contributed by atoms with E-state index in [1.165, 1.54) is 0 Å². The van der Waals surface area contributed by atoms with E-state index >= 15 is 0 Å². The number of nitrogens with zero attached hydrogens (tertiary/aromatic N) is 5. The molecule has 2 N–H and O–H groups in total. The largest absolute Gasteiger partial charge is 0.368 e. The molecule has 2 aromatic rings. The van der Waals surface area contributed by atoms with Gasteiger partial charge in [0.1, 0.15) is 5.82 Å². The second kappa shape index (κ2) is 7.18. The smallest absolute Gasteiger partial charge is 0.258 e. The minimum atomic E-state index is -0.286. The normalized spacial score (nSPS) is 17.0. The van der Waals surface area contributed by atoms with Crippen LogP contribution in [0.2, 0.25) is 0 Å². The molecule has 0 bridgehead atoms. The Morgan fingerprint density at radius 1 is 1.24 bits per heavy atom. The third kappa shape index (κ3) is 3.79. The molecule has 1 aliphatic rings. The second-order valence-corrected chi connectivity index (χ2v) is 6.62. The number of primary amides is 1. The Hall–Kier alpha value is -2.48. The Morgan fingerprint density at radius 2 is 1.96 bits per heavy atom. The van der Waals surface area contributed by atoms with Gasteiger partial charge in [-0.2, -0.15) is 4.98 Å². The van der Waals surface area contributed by atoms with Crippen molar-refractivity contribution in [3.63, 3.8) is 0 Å². The van der Waals surface area contributed by atoms with Crippen molar-refractivity contribution >= 4 is 11.7 Å². The lowest BCUT2D eigenvalue weighted by Crippen LogP contribution is -2.53. The standard InChI is InChI=1S/C17H24N6O2/c1-11(2)16-20-17(25-21-16)13-4-5-19-14(10-13)23-8-6-22(7-9-23)12(3)15(18)24/h4-5,10-12H,6-9H2,1-3H3,(H2,18,24). The number of amides is 1. The maximum atomic E-state index is 11.3. The van der Waals surface area contributed by atoms with Gasteiger partial charge in [-0.3, -0.25) is 9.69 Å². The lowest BCUT2D eigenvalue weighted by atomic mass is 10.2. The first kappa shape index (κ1) is 17.3. The number of carbonyl (C=O) groups is 1. The van der Waals surface area contributed by atoms with Gasteiger partial charge in [0, 0.05) is 43.9 Å². The van der Waals surface area contributed by atoms with Gasteiger partial charge in [0.2, 0.25) is 5.91 Å². The summed E-state index contributed by atoms with van der Waals surface area (Å²) in [5.41, 5.74) is 6.25. The van der Waals surface area contributed by atoms with Crippen molar-refractivity contribution in [3.05, 3.63) is 24.2 Å². The van der Waals surface area contributed by atoms with Crippen molar-refractivity contribution < 1.29 is 9.32 Å². The highest BCUT2D eigenvalue weighted by molar-refractivity contribution is 5.79. The van der Waals surface area contributed by atoms with Crippen LogP contribution in [0.5, 0.6) is 0 Å². The van der Waals surface area contributed by atoms with Crippen LogP contribution in [0.4, 0.5) is 5.82 Å². The summed E-state index contributed by atoms with van der Waals surface area (Å²) >= 11 is 0. The van der Waals surface area contributed by atoms with E-state index in [0.717, 1.165) is 37.6 Å². The number of hydrogen-bond acceptors (Lipinski definition) is 7. The molecule has 1 amide bonds. The van der Waals surface area contributed by atoms with Crippen LogP contribution in [0.3, 0.4) is 0 Å². The van der Waals surface area contributed by atoms with Gasteiger partial charge in [-0.05, 0) is 19.1 Å². The molecule has 0 aromatic carbocycles. The Bertz CT molecular complexity index is 736. The molecule has 0 aliphatic carbocycles. The van der Waals surface area contributed by atoms with Gasteiger partial charge >= 0.3 is 0 Å². The minimum Gasteiger partial charge on any atom is -0.368 e. The molecule has 0 radical (unpaired) electrons. The minimum absolute atomic E-state index is 0.221. The third-order valence-corrected chi connectivity index (χ3v) is 4.55. The summed E-state index contributed by atoms with van der Waals surface area (Å²) in [6, 6.07) is 3.59. The van der Waals surface area contributed by atoms with Gasteiger partial charge < -0.3 is 15.2 Å². The van der Waals surface area contributed by atoms with E-state index in [2.05, 4.69) is 24.9 Å². The zero-order valence-electron chi connectivity index (χ0n) is 14.8. The summed E-state index contributed by atoms with van der Waals surface area (Å²) in [6.07, 6.45) is 1.75. The summed E-state index contributed by atoms with van der Waals surface area (Å²) < 4.78 is 5.36. The molecule has 8 nitrogen and oxygen atoms in total. The van der Waals surface area contributed by atoms with E-state index in [0.29, 0.717) is 11.7 Å². The molecule has 2 aromatic heterocycles. The van der Waals surface area contributed by atoms with Crippen molar-refractivity contribution in [3.8, 4) is 11.5 Å². The molecule has 8 heteroatoms. The molecule has 1 unspecified atom stereocenters. The molecule has 1 saturated heterocycles. The number of nitrogens with two attached hydrogens (primary N) is 1. The highest BCUT2D eigenvalue weighted by Crippen LogP contribution is 2.24. The van der Waals surface area contributed by atoms with E-state index in [1.807, 2.05) is 32.9 Å². The van der Waals surface area contributed by atoms with Crippen molar-refractivity contribution in [2.45, 2.75) is 32.7 Å². The molecule has 134 valence electrons. The number of hydrogen-bond donors (Lipinski definition) is 1. The van der Waals surface area contributed by atoms with Gasteiger partial charge in [-0.1, -0.05) is 19.0 Å². The van der Waals surface area contributed by atoms with Crippen molar-refractivity contribution in [1.82, 2.24) is 20.0 Å². The number of rotatable bonds is 5. The van der Waals surface area contributed by atoms with Crippen LogP contribution in [0, 0.1) is 0 Å². The lowest BCUT2D eigenvalue weighted by Gasteiger charge is -2.37. The van der Waals surface area contributed by atoms with Crippen LogP contribution < -0.4 is 10.6 Å². The highest BCUT2D eigenvalue weighted by Gasteiger charge is 2.25. The number of aromatic nitrogens is 3. The number of carbonyl (C=O) groups excluding carboxylic acids is 1. The molecule has 0 saturated carbocycles. The first-order valence-corrected chi connectivity index (χ1v) is 8.54. The predicted molar refractivity (Wildman–Crippen MR) is 94.1 cm³/mol. The van der Waals surface area contributed by atoms with Gasteiger partial charge in [0.15, 0.2) is 5.82 Å². The summed E-state index contributed by atoms with van der Waals surface area (Å²) in [5.74, 6) is 2.01. The van der Waals surface area contributed by atoms with Crippen molar-refractivity contribution in [1.29, 1.82) is 0 Å². The van der Waals surface area contributed by atoms with Crippen molar-refractivity contribution in [2.75, 3.05) is 31.1 Å². The molecule has 3 heterocycles. The Morgan fingerprint density at radius 3 is 2.56 bits per heavy atom. The molecule has 1 atom stereocenters. The first-order chi connectivity index (χ1) is 12.0. The topological polar surface area (TPSA) is 101 Å². The highest BCUT2D eigenvalue weighted by atomic mass is 16.5. The van der Waals surface area contributed by atoms with Crippen LogP contribution in [0.15, 0.2) is 22.9 Å². The van der Waals surface area contributed by atoms with Crippen LogP contribution >= 0.6 is 0 Å². The van der Waals surface area contributed by atoms with E-state index in [1.54, 1.807) is 6.20 Å². The number of piperazine rings is 1. The van der Waals surface area contributed by atoms with Gasteiger partial charge in [-0.25, -0.2) is 4.98 Å². The van der Waals surface area contributed by atoms with Crippen molar-refractivity contribution in [2.24, 2.45) is 5.73 Å². The Kier molecular flexibility index (Phi) is 4.98. The molecule has 0 spiro atoms. The maximum Gasteiger partial charge on any atom is 0.258 e. The van der Waals surface area contributed by atoms with Gasteiger partial charge in [0.25, 0.3) is 5.89 Å². The number of pyridine rings is 1. The predicted octanol–water partition coefficient (Wildman–Crippen LogP) is 1.25. The van der Waals surface area contributed by atoms with Gasteiger partial charge in [-0.15, -0.1) is 0 Å². The summed E-state index contributed by atoms with van der Waals surface area (Å²) in [7, 11) is 0. The zero-order valence-corrected chi connectivity index (χ0v) is 14.8. The quantitative estimate of drug-likeness (QED) is 0.871. The van der Waals surface area contributed by atoms with E-state index in [4.69, 9.17) is 10.3 Å². The monoisotopic (exact) mass is 344 g/mol. The van der Waals surface area contributed by atoms with Crippen LogP contribution in [0.1, 0.15) is 32.5 Å². The second-order valence-electron chi connectivity index (χ2n) is 6.62. The fourth-order valence-electron chi connectivity index (χ4n) is 2.83. The fourth-order valence-corrected chi connectivity index (χ4v) is 2.83. The van der Waals surface area contributed by atoms with Crippen LogP contribution in [-0.2, 0) is 4.79 Å². The summed E-state index contributed by atoms with van der Waals surface area (Å²) in [4.78, 5) is 24.5. The third-order valence-electron chi connectivity index (χ3n) is 4.55. The molecule has 1 fully saturated rings. The van der Waals surface area contributed by atoms with E-state index in [-0.39, 0.29) is 17.9 Å². The van der Waals surface area contributed by atoms with Crippen LogP contribution in [0.25, 0.3) is 11.5 Å². The molecule has 1 aliphatic heterocycles. The Balaban J connectivity index is 1.71. The SMILES string of the molecule is CC(C)c1noc(-c2ccnc(N3CCN(C(C)C(N)=O)CC3)c2)n1. The average molecular weight is 344 g/mol. The lowest BCUT2D eigenvalue weighted by molar-refractivity contribution is -0.122. The maximum absolute atomic E-state index is 11.3. The van der Waals surface area contributed by atoms with Gasteiger partial charge in [0.05, 0.1) is 6.04 Å². The summed E-state index contributed by atoms with van der Waals surface area (Å²) in [6.45, 7) is 9.02. The molecular formula is C17H24N6O2. The Labute approximate surface area is 147 Å². The first-order valence-electron chi connectivity index (χ1n) is 8.54. The molecular weight excluding hydrogens is 320 g/mol. The molecule has 3 rings (SSSR count). The molecule has 25 heavy (non-hydrogen) atoms. The summed E-state index contributed by atoms with van der Waals surface area (Å²) in [5, 5.41) is 4.01. The van der Waals surface area contributed by atoms with E-state index in [9.17, 15) is 4.79 Å². The zero-order chi connectivity index (χ0) is 18.0. The van der Waals surface area contributed by atoms with Crippen LogP contribution in [-0.4, -0.2) is 58.2 Å². The van der Waals surface area contributed by atoms with E-state index < -0.39 is 0 Å². The average Bonchev–Trinajstić information content (AvgIpc) is 3.12. The number of anilines is 1. The fraction of sp³-hybridized carbons (Fsp3) is 0.529.